The number of amides is 1. The molecule has 126 valence electrons. The maximum atomic E-state index is 12.2. The number of rotatable bonds is 4. The molecule has 1 fully saturated rings. The molecule has 1 amide bonds. The zero-order chi connectivity index (χ0) is 16.9. The minimum atomic E-state index is -1.59. The van der Waals surface area contributed by atoms with Crippen LogP contribution in [0.3, 0.4) is 0 Å². The third-order valence-corrected chi connectivity index (χ3v) is 4.34. The Bertz CT molecular complexity index is 537. The van der Waals surface area contributed by atoms with Gasteiger partial charge in [-0.05, 0) is 18.7 Å². The molecule has 1 saturated heterocycles. The second kappa shape index (κ2) is 8.36. The van der Waals surface area contributed by atoms with E-state index in [4.69, 9.17) is 34.8 Å². The maximum Gasteiger partial charge on any atom is 0.245 e. The highest BCUT2D eigenvalue weighted by Crippen LogP contribution is 2.32. The van der Waals surface area contributed by atoms with Gasteiger partial charge in [-0.2, -0.15) is 0 Å². The van der Waals surface area contributed by atoms with Gasteiger partial charge in [-0.15, -0.1) is 0 Å². The Kier molecular flexibility index (Phi) is 6.74. The fraction of sp³-hybridized carbons (Fsp3) is 0.438. The highest BCUT2D eigenvalue weighted by atomic mass is 35.6. The van der Waals surface area contributed by atoms with E-state index in [2.05, 4.69) is 10.2 Å². The Labute approximate surface area is 152 Å². The minimum Gasteiger partial charge on any atom is -0.333 e. The van der Waals surface area contributed by atoms with Crippen molar-refractivity contribution in [2.75, 3.05) is 33.2 Å². The van der Waals surface area contributed by atoms with Gasteiger partial charge in [-0.25, -0.2) is 0 Å². The number of nitrogens with one attached hydrogen (secondary N) is 1. The largest absolute Gasteiger partial charge is 0.333 e. The van der Waals surface area contributed by atoms with Crippen molar-refractivity contribution in [2.24, 2.45) is 0 Å². The first-order valence-electron chi connectivity index (χ1n) is 7.39. The lowest BCUT2D eigenvalue weighted by molar-refractivity contribution is -0.118. The zero-order valence-corrected chi connectivity index (χ0v) is 15.2. The van der Waals surface area contributed by atoms with Gasteiger partial charge in [0.15, 0.2) is 0 Å². The van der Waals surface area contributed by atoms with Gasteiger partial charge in [-0.1, -0.05) is 65.1 Å². The zero-order valence-electron chi connectivity index (χ0n) is 12.9. The van der Waals surface area contributed by atoms with Crippen LogP contribution in [0.5, 0.6) is 0 Å². The smallest absolute Gasteiger partial charge is 0.245 e. The van der Waals surface area contributed by atoms with Crippen molar-refractivity contribution in [1.29, 1.82) is 0 Å². The van der Waals surface area contributed by atoms with E-state index in [0.717, 1.165) is 31.7 Å². The van der Waals surface area contributed by atoms with E-state index < -0.39 is 9.96 Å². The molecule has 0 radical (unpaired) electrons. The standard InChI is InChI=1S/C16H20Cl3N3O/c1-21-9-11-22(12-10-21)15(16(17,18)19)20-14(23)8-7-13-5-3-2-4-6-13/h2-8,15H,9-12H2,1H3,(H,20,23). The third-order valence-electron chi connectivity index (χ3n) is 3.72. The molecule has 1 atom stereocenters. The van der Waals surface area contributed by atoms with Crippen LogP contribution in [0.15, 0.2) is 36.4 Å². The monoisotopic (exact) mass is 375 g/mol. The third kappa shape index (κ3) is 5.98. The quantitative estimate of drug-likeness (QED) is 0.648. The van der Waals surface area contributed by atoms with Crippen molar-refractivity contribution in [3.63, 3.8) is 0 Å². The predicted molar refractivity (Wildman–Crippen MR) is 96.8 cm³/mol. The molecule has 0 spiro atoms. The number of hydrogen-bond donors (Lipinski definition) is 1. The van der Waals surface area contributed by atoms with Crippen molar-refractivity contribution in [1.82, 2.24) is 15.1 Å². The Morgan fingerprint density at radius 2 is 1.78 bits per heavy atom. The number of carbonyl (C=O) groups excluding carboxylic acids is 1. The maximum absolute atomic E-state index is 12.2. The molecule has 1 heterocycles. The average molecular weight is 377 g/mol. The van der Waals surface area contributed by atoms with Crippen molar-refractivity contribution in [3.05, 3.63) is 42.0 Å². The van der Waals surface area contributed by atoms with Crippen LogP contribution in [-0.4, -0.2) is 58.9 Å². The number of benzene rings is 1. The number of hydrogen-bond acceptors (Lipinski definition) is 3. The number of nitrogens with zero attached hydrogens (tertiary/aromatic N) is 2. The summed E-state index contributed by atoms with van der Waals surface area (Å²) in [7, 11) is 2.04. The van der Waals surface area contributed by atoms with Crippen LogP contribution >= 0.6 is 34.8 Å². The Morgan fingerprint density at radius 3 is 2.35 bits per heavy atom. The molecule has 1 aromatic rings. The fourth-order valence-electron chi connectivity index (χ4n) is 2.38. The van der Waals surface area contributed by atoms with Crippen molar-refractivity contribution < 1.29 is 4.79 Å². The summed E-state index contributed by atoms with van der Waals surface area (Å²) in [4.78, 5) is 16.4. The van der Waals surface area contributed by atoms with Crippen LogP contribution in [-0.2, 0) is 4.79 Å². The van der Waals surface area contributed by atoms with E-state index in [1.165, 1.54) is 6.08 Å². The molecule has 0 aliphatic carbocycles. The average Bonchev–Trinajstić information content (AvgIpc) is 2.52. The lowest BCUT2D eigenvalue weighted by Gasteiger charge is -2.40. The van der Waals surface area contributed by atoms with E-state index in [-0.39, 0.29) is 5.91 Å². The van der Waals surface area contributed by atoms with Gasteiger partial charge in [0.05, 0.1) is 0 Å². The van der Waals surface area contributed by atoms with E-state index in [0.29, 0.717) is 0 Å². The first-order chi connectivity index (χ1) is 10.9. The van der Waals surface area contributed by atoms with E-state index in [1.54, 1.807) is 6.08 Å². The molecule has 0 aromatic heterocycles. The van der Waals surface area contributed by atoms with Crippen molar-refractivity contribution in [2.45, 2.75) is 9.96 Å². The Morgan fingerprint density at radius 1 is 1.17 bits per heavy atom. The summed E-state index contributed by atoms with van der Waals surface area (Å²) >= 11 is 18.2. The summed E-state index contributed by atoms with van der Waals surface area (Å²) in [5.74, 6) is -0.288. The molecular weight excluding hydrogens is 357 g/mol. The summed E-state index contributed by atoms with van der Waals surface area (Å²) in [6.45, 7) is 3.20. The second-order valence-electron chi connectivity index (χ2n) is 5.54. The normalized spacial score (nSPS) is 19.0. The SMILES string of the molecule is CN1CCN(C(NC(=O)C=Cc2ccccc2)C(Cl)(Cl)Cl)CC1. The topological polar surface area (TPSA) is 35.6 Å². The summed E-state index contributed by atoms with van der Waals surface area (Å²) in [6, 6.07) is 9.56. The first kappa shape index (κ1) is 18.6. The van der Waals surface area contributed by atoms with Crippen molar-refractivity contribution in [3.8, 4) is 0 Å². The molecular formula is C16H20Cl3N3O. The van der Waals surface area contributed by atoms with E-state index in [1.807, 2.05) is 42.3 Å². The van der Waals surface area contributed by atoms with Gasteiger partial charge in [0.1, 0.15) is 6.17 Å². The first-order valence-corrected chi connectivity index (χ1v) is 8.52. The molecule has 2 rings (SSSR count). The van der Waals surface area contributed by atoms with Gasteiger partial charge >= 0.3 is 0 Å². The van der Waals surface area contributed by atoms with Gasteiger partial charge < -0.3 is 10.2 Å². The molecule has 7 heteroatoms. The Balaban J connectivity index is 2.00. The number of halogens is 3. The minimum absolute atomic E-state index is 0.288. The lowest BCUT2D eigenvalue weighted by atomic mass is 10.2. The van der Waals surface area contributed by atoms with Gasteiger partial charge in [0, 0.05) is 32.3 Å². The molecule has 4 nitrogen and oxygen atoms in total. The molecule has 1 unspecified atom stereocenters. The fourth-order valence-corrected chi connectivity index (χ4v) is 2.96. The van der Waals surface area contributed by atoms with Crippen LogP contribution in [0, 0.1) is 0 Å². The molecule has 1 aliphatic heterocycles. The molecule has 0 saturated carbocycles. The van der Waals surface area contributed by atoms with Crippen LogP contribution in [0.25, 0.3) is 6.08 Å². The molecule has 1 N–H and O–H groups in total. The van der Waals surface area contributed by atoms with Crippen molar-refractivity contribution >= 4 is 46.8 Å². The van der Waals surface area contributed by atoms with Crippen LogP contribution in [0.4, 0.5) is 0 Å². The molecule has 23 heavy (non-hydrogen) atoms. The Hall–Kier alpha value is -0.780. The summed E-state index contributed by atoms with van der Waals surface area (Å²) in [5, 5.41) is 2.80. The summed E-state index contributed by atoms with van der Waals surface area (Å²) in [6.07, 6.45) is 2.53. The van der Waals surface area contributed by atoms with Gasteiger partial charge in [-0.3, -0.25) is 9.69 Å². The van der Waals surface area contributed by atoms with E-state index in [9.17, 15) is 4.79 Å². The summed E-state index contributed by atoms with van der Waals surface area (Å²) in [5.41, 5.74) is 0.938. The van der Waals surface area contributed by atoms with Gasteiger partial charge in [0.2, 0.25) is 9.70 Å². The van der Waals surface area contributed by atoms with Crippen LogP contribution in [0.1, 0.15) is 5.56 Å². The number of alkyl halides is 3. The molecule has 0 bridgehead atoms. The molecule has 1 aromatic carbocycles. The van der Waals surface area contributed by atoms with E-state index >= 15 is 0 Å². The number of piperazine rings is 1. The van der Waals surface area contributed by atoms with Crippen LogP contribution in [0.2, 0.25) is 0 Å². The second-order valence-corrected chi connectivity index (χ2v) is 7.90. The number of carbonyl (C=O) groups is 1. The number of likely N-dealkylation sites (N-methyl/N-ethyl adjacent to an activating group) is 1. The van der Waals surface area contributed by atoms with Crippen LogP contribution < -0.4 is 5.32 Å². The highest BCUT2D eigenvalue weighted by Gasteiger charge is 2.39. The summed E-state index contributed by atoms with van der Waals surface area (Å²) < 4.78 is -1.59. The molecule has 1 aliphatic rings. The highest BCUT2D eigenvalue weighted by molar-refractivity contribution is 6.68. The van der Waals surface area contributed by atoms with Gasteiger partial charge in [0.25, 0.3) is 0 Å². The lowest BCUT2D eigenvalue weighted by Crippen LogP contribution is -2.60. The predicted octanol–water partition coefficient (Wildman–Crippen LogP) is 2.76.